The van der Waals surface area contributed by atoms with Crippen molar-refractivity contribution in [1.82, 2.24) is 0 Å². The molecule has 2 fully saturated rings. The van der Waals surface area contributed by atoms with Crippen LogP contribution in [0.5, 0.6) is 0 Å². The van der Waals surface area contributed by atoms with Gasteiger partial charge in [-0.15, -0.1) is 0 Å². The Kier molecular flexibility index (Phi) is 1.05. The second-order valence-electron chi connectivity index (χ2n) is 4.48. The third-order valence-electron chi connectivity index (χ3n) is 3.66. The van der Waals surface area contributed by atoms with E-state index < -0.39 is 0 Å². The highest BCUT2D eigenvalue weighted by Crippen LogP contribution is 2.59. The van der Waals surface area contributed by atoms with Crippen molar-refractivity contribution < 1.29 is 14.3 Å². The van der Waals surface area contributed by atoms with E-state index in [0.29, 0.717) is 0 Å². The van der Waals surface area contributed by atoms with Crippen molar-refractivity contribution in [2.24, 2.45) is 23.2 Å². The number of carbonyl (C=O) groups is 2. The van der Waals surface area contributed by atoms with E-state index in [9.17, 15) is 9.59 Å². The molecule has 1 heterocycles. The van der Waals surface area contributed by atoms with Gasteiger partial charge in [-0.1, -0.05) is 19.1 Å². The molecule has 3 aliphatic rings. The fourth-order valence-electron chi connectivity index (χ4n) is 3.08. The van der Waals surface area contributed by atoms with Crippen molar-refractivity contribution in [1.29, 1.82) is 0 Å². The molecule has 1 saturated heterocycles. The minimum atomic E-state index is -0.315. The van der Waals surface area contributed by atoms with Crippen LogP contribution in [-0.2, 0) is 14.3 Å². The molecule has 3 rings (SSSR count). The van der Waals surface area contributed by atoms with Gasteiger partial charge in [0.15, 0.2) is 0 Å². The standard InChI is InChI=1S/C10H10O3/c1-10-3-2-5(4-10)6-7(10)9(12)13-8(6)11/h2-3,5-7H,4H2,1H3/t5-,6-,7+,10-/m0/s1. The fraction of sp³-hybridized carbons (Fsp3) is 0.600. The predicted molar refractivity (Wildman–Crippen MR) is 43.4 cm³/mol. The number of hydrogen-bond donors (Lipinski definition) is 0. The minimum Gasteiger partial charge on any atom is -0.393 e. The van der Waals surface area contributed by atoms with Gasteiger partial charge in [-0.3, -0.25) is 9.59 Å². The van der Waals surface area contributed by atoms with E-state index in [4.69, 9.17) is 0 Å². The van der Waals surface area contributed by atoms with Gasteiger partial charge >= 0.3 is 11.9 Å². The number of ether oxygens (including phenoxy) is 1. The molecule has 2 bridgehead atoms. The lowest BCUT2D eigenvalue weighted by Gasteiger charge is -2.23. The van der Waals surface area contributed by atoms with Crippen LogP contribution in [0.4, 0.5) is 0 Å². The van der Waals surface area contributed by atoms with E-state index in [-0.39, 0.29) is 35.1 Å². The van der Waals surface area contributed by atoms with Gasteiger partial charge in [-0.05, 0) is 12.3 Å². The van der Waals surface area contributed by atoms with Gasteiger partial charge in [-0.2, -0.15) is 0 Å². The molecule has 0 aromatic carbocycles. The van der Waals surface area contributed by atoms with E-state index in [2.05, 4.69) is 16.9 Å². The quantitative estimate of drug-likeness (QED) is 0.314. The molecule has 3 nitrogen and oxygen atoms in total. The second kappa shape index (κ2) is 1.86. The smallest absolute Gasteiger partial charge is 0.318 e. The molecule has 2 aliphatic carbocycles. The number of rotatable bonds is 0. The molecule has 0 amide bonds. The van der Waals surface area contributed by atoms with Gasteiger partial charge in [0.05, 0.1) is 11.8 Å². The summed E-state index contributed by atoms with van der Waals surface area (Å²) in [4.78, 5) is 22.7. The van der Waals surface area contributed by atoms with Crippen LogP contribution in [0.1, 0.15) is 13.3 Å². The van der Waals surface area contributed by atoms with E-state index in [1.165, 1.54) is 0 Å². The van der Waals surface area contributed by atoms with E-state index in [0.717, 1.165) is 6.42 Å². The maximum atomic E-state index is 11.4. The Morgan fingerprint density at radius 2 is 2.23 bits per heavy atom. The highest BCUT2D eigenvalue weighted by Gasteiger charge is 2.63. The molecule has 13 heavy (non-hydrogen) atoms. The molecule has 0 aromatic rings. The van der Waals surface area contributed by atoms with Gasteiger partial charge in [0.1, 0.15) is 0 Å². The van der Waals surface area contributed by atoms with E-state index in [1.54, 1.807) is 0 Å². The first kappa shape index (κ1) is 7.30. The van der Waals surface area contributed by atoms with Crippen molar-refractivity contribution in [3.8, 4) is 0 Å². The van der Waals surface area contributed by atoms with Crippen molar-refractivity contribution in [3.63, 3.8) is 0 Å². The zero-order chi connectivity index (χ0) is 9.22. The largest absolute Gasteiger partial charge is 0.393 e. The van der Waals surface area contributed by atoms with Crippen LogP contribution in [0.2, 0.25) is 0 Å². The molecule has 68 valence electrons. The number of carbonyl (C=O) groups excluding carboxylic acids is 2. The number of esters is 2. The highest BCUT2D eigenvalue weighted by molar-refractivity contribution is 5.98. The molecule has 0 aromatic heterocycles. The summed E-state index contributed by atoms with van der Waals surface area (Å²) < 4.78 is 4.66. The summed E-state index contributed by atoms with van der Waals surface area (Å²) in [7, 11) is 0. The molecular weight excluding hydrogens is 168 g/mol. The van der Waals surface area contributed by atoms with E-state index >= 15 is 0 Å². The normalized spacial score (nSPS) is 51.3. The van der Waals surface area contributed by atoms with Crippen LogP contribution < -0.4 is 0 Å². The van der Waals surface area contributed by atoms with Gasteiger partial charge in [-0.25, -0.2) is 0 Å². The maximum Gasteiger partial charge on any atom is 0.318 e. The number of hydrogen-bond acceptors (Lipinski definition) is 3. The number of cyclic esters (lactones) is 2. The van der Waals surface area contributed by atoms with Crippen molar-refractivity contribution >= 4 is 11.9 Å². The first-order chi connectivity index (χ1) is 6.12. The first-order valence-corrected chi connectivity index (χ1v) is 4.57. The molecule has 1 saturated carbocycles. The third-order valence-corrected chi connectivity index (χ3v) is 3.66. The molecular formula is C10H10O3. The Bertz CT molecular complexity index is 344. The van der Waals surface area contributed by atoms with Gasteiger partial charge in [0, 0.05) is 5.41 Å². The second-order valence-corrected chi connectivity index (χ2v) is 4.48. The molecule has 0 N–H and O–H groups in total. The Hall–Kier alpha value is -1.12. The number of fused-ring (bicyclic) bond motifs is 5. The van der Waals surface area contributed by atoms with Gasteiger partial charge in [0.25, 0.3) is 0 Å². The van der Waals surface area contributed by atoms with Crippen LogP contribution in [0.15, 0.2) is 12.2 Å². The van der Waals surface area contributed by atoms with Crippen molar-refractivity contribution in [2.75, 3.05) is 0 Å². The Balaban J connectivity index is 2.13. The summed E-state index contributed by atoms with van der Waals surface area (Å²) in [5.41, 5.74) is -0.113. The molecule has 0 spiro atoms. The van der Waals surface area contributed by atoms with Crippen LogP contribution in [0, 0.1) is 23.2 Å². The van der Waals surface area contributed by atoms with Crippen LogP contribution in [-0.4, -0.2) is 11.9 Å². The van der Waals surface area contributed by atoms with Crippen molar-refractivity contribution in [2.45, 2.75) is 13.3 Å². The zero-order valence-electron chi connectivity index (χ0n) is 7.32. The lowest BCUT2D eigenvalue weighted by molar-refractivity contribution is -0.155. The molecule has 0 radical (unpaired) electrons. The molecule has 4 atom stereocenters. The highest BCUT2D eigenvalue weighted by atomic mass is 16.6. The molecule has 0 unspecified atom stereocenters. The fourth-order valence-corrected chi connectivity index (χ4v) is 3.08. The predicted octanol–water partition coefficient (Wildman–Crippen LogP) is 0.898. The topological polar surface area (TPSA) is 43.4 Å². The molecule has 1 aliphatic heterocycles. The average molecular weight is 178 g/mol. The first-order valence-electron chi connectivity index (χ1n) is 4.57. The summed E-state index contributed by atoms with van der Waals surface area (Å²) in [6.07, 6.45) is 5.06. The lowest BCUT2D eigenvalue weighted by Crippen LogP contribution is -2.28. The zero-order valence-corrected chi connectivity index (χ0v) is 7.32. The summed E-state index contributed by atoms with van der Waals surface area (Å²) >= 11 is 0. The average Bonchev–Trinajstić information content (AvgIpc) is 2.62. The van der Waals surface area contributed by atoms with Gasteiger partial charge in [0.2, 0.25) is 0 Å². The van der Waals surface area contributed by atoms with Crippen LogP contribution in [0.25, 0.3) is 0 Å². The minimum absolute atomic E-state index is 0.113. The summed E-state index contributed by atoms with van der Waals surface area (Å²) in [5, 5.41) is 0. The Morgan fingerprint density at radius 1 is 1.46 bits per heavy atom. The monoisotopic (exact) mass is 178 g/mol. The Labute approximate surface area is 75.8 Å². The summed E-state index contributed by atoms with van der Waals surface area (Å²) in [6, 6.07) is 0. The maximum absolute atomic E-state index is 11.4. The van der Waals surface area contributed by atoms with Crippen LogP contribution >= 0.6 is 0 Å². The van der Waals surface area contributed by atoms with E-state index in [1.807, 2.05) is 6.92 Å². The van der Waals surface area contributed by atoms with Crippen molar-refractivity contribution in [3.05, 3.63) is 12.2 Å². The van der Waals surface area contributed by atoms with Crippen LogP contribution in [0.3, 0.4) is 0 Å². The lowest BCUT2D eigenvalue weighted by atomic mass is 9.76. The summed E-state index contributed by atoms with van der Waals surface area (Å²) in [6.45, 7) is 2.04. The molecule has 3 heteroatoms. The SMILES string of the molecule is C[C@]12C=C[C@@H](C1)[C@@H]1C(=O)OC(=O)[C@@H]12. The Morgan fingerprint density at radius 3 is 2.92 bits per heavy atom. The number of allylic oxidation sites excluding steroid dienone is 2. The summed E-state index contributed by atoms with van der Waals surface area (Å²) in [5.74, 6) is -0.760. The van der Waals surface area contributed by atoms with Gasteiger partial charge < -0.3 is 4.74 Å². The third kappa shape index (κ3) is 0.666.